The van der Waals surface area contributed by atoms with Crippen LogP contribution < -0.4 is 0 Å². The van der Waals surface area contributed by atoms with Crippen LogP contribution in [-0.4, -0.2) is 24.5 Å². The molecule has 2 atom stereocenters. The van der Waals surface area contributed by atoms with Crippen molar-refractivity contribution in [2.24, 2.45) is 0 Å². The van der Waals surface area contributed by atoms with E-state index in [1.165, 1.54) is 6.92 Å². The van der Waals surface area contributed by atoms with E-state index in [2.05, 4.69) is 15.9 Å². The summed E-state index contributed by atoms with van der Waals surface area (Å²) in [5.74, 6) is 0.0434. The molecule has 0 aliphatic heterocycles. The molecule has 0 saturated heterocycles. The van der Waals surface area contributed by atoms with Gasteiger partial charge in [0.05, 0.1) is 11.4 Å². The Hall–Kier alpha value is -0.390. The Morgan fingerprint density at radius 1 is 1.31 bits per heavy atom. The minimum Gasteiger partial charge on any atom is -0.387 e. The van der Waals surface area contributed by atoms with Gasteiger partial charge in [0.25, 0.3) is 0 Å². The molecule has 90 valence electrons. The molecule has 1 aromatic carbocycles. The fourth-order valence-electron chi connectivity index (χ4n) is 1.39. The van der Waals surface area contributed by atoms with Gasteiger partial charge in [0, 0.05) is 10.2 Å². The van der Waals surface area contributed by atoms with E-state index in [1.54, 1.807) is 31.2 Å². The highest BCUT2D eigenvalue weighted by atomic mass is 79.9. The summed E-state index contributed by atoms with van der Waals surface area (Å²) in [6.07, 6.45) is -0.974. The summed E-state index contributed by atoms with van der Waals surface area (Å²) in [7, 11) is -3.22. The van der Waals surface area contributed by atoms with Crippen molar-refractivity contribution in [1.29, 1.82) is 0 Å². The molecule has 0 bridgehead atoms. The van der Waals surface area contributed by atoms with E-state index in [9.17, 15) is 13.5 Å². The topological polar surface area (TPSA) is 54.4 Å². The minimum atomic E-state index is -3.22. The van der Waals surface area contributed by atoms with Crippen molar-refractivity contribution < 1.29 is 13.5 Å². The first-order chi connectivity index (χ1) is 7.38. The third-order valence-electron chi connectivity index (χ3n) is 2.62. The van der Waals surface area contributed by atoms with E-state index in [1.807, 2.05) is 0 Å². The maximum absolute atomic E-state index is 11.6. The Morgan fingerprint density at radius 3 is 2.25 bits per heavy atom. The number of hydrogen-bond acceptors (Lipinski definition) is 3. The van der Waals surface area contributed by atoms with Crippen LogP contribution in [0, 0.1) is 0 Å². The van der Waals surface area contributed by atoms with E-state index in [-0.39, 0.29) is 5.75 Å². The zero-order valence-corrected chi connectivity index (χ0v) is 11.6. The van der Waals surface area contributed by atoms with Gasteiger partial charge in [-0.1, -0.05) is 35.0 Å². The predicted molar refractivity (Wildman–Crippen MR) is 68.0 cm³/mol. The summed E-state index contributed by atoms with van der Waals surface area (Å²) in [5.41, 5.74) is 0.618. The summed E-state index contributed by atoms with van der Waals surface area (Å²) in [6.45, 7) is 3.12. The van der Waals surface area contributed by atoms with E-state index < -0.39 is 21.2 Å². The zero-order chi connectivity index (χ0) is 12.3. The van der Waals surface area contributed by atoms with Crippen molar-refractivity contribution in [3.63, 3.8) is 0 Å². The highest BCUT2D eigenvalue weighted by Crippen LogP contribution is 2.23. The molecule has 0 amide bonds. The first kappa shape index (κ1) is 13.7. The predicted octanol–water partition coefficient (Wildman–Crippen LogP) is 2.31. The SMILES string of the molecule is CCS(=O)(=O)C(C)C(O)c1ccc(Br)cc1. The molecule has 0 heterocycles. The fourth-order valence-corrected chi connectivity index (χ4v) is 2.73. The van der Waals surface area contributed by atoms with Crippen molar-refractivity contribution in [3.8, 4) is 0 Å². The van der Waals surface area contributed by atoms with Crippen LogP contribution in [0.15, 0.2) is 28.7 Å². The molecule has 0 saturated carbocycles. The Labute approximate surface area is 105 Å². The second-order valence-electron chi connectivity index (χ2n) is 3.65. The second-order valence-corrected chi connectivity index (χ2v) is 7.22. The van der Waals surface area contributed by atoms with Gasteiger partial charge in [0.15, 0.2) is 9.84 Å². The number of hydrogen-bond donors (Lipinski definition) is 1. The Balaban J connectivity index is 2.94. The minimum absolute atomic E-state index is 0.0434. The third-order valence-corrected chi connectivity index (χ3v) is 5.35. The molecule has 0 aliphatic rings. The quantitative estimate of drug-likeness (QED) is 0.928. The van der Waals surface area contributed by atoms with E-state index in [0.29, 0.717) is 5.56 Å². The molecule has 1 N–H and O–H groups in total. The zero-order valence-electron chi connectivity index (χ0n) is 9.22. The Kier molecular flexibility index (Phi) is 4.52. The second kappa shape index (κ2) is 5.29. The van der Waals surface area contributed by atoms with Crippen molar-refractivity contribution in [1.82, 2.24) is 0 Å². The largest absolute Gasteiger partial charge is 0.387 e. The maximum Gasteiger partial charge on any atom is 0.155 e. The molecule has 0 fully saturated rings. The number of sulfone groups is 1. The smallest absolute Gasteiger partial charge is 0.155 e. The highest BCUT2D eigenvalue weighted by Gasteiger charge is 2.27. The van der Waals surface area contributed by atoms with Crippen LogP contribution in [0.5, 0.6) is 0 Å². The molecule has 1 rings (SSSR count). The normalized spacial score (nSPS) is 15.8. The Morgan fingerprint density at radius 2 is 1.81 bits per heavy atom. The van der Waals surface area contributed by atoms with Gasteiger partial charge in [-0.05, 0) is 24.6 Å². The average molecular weight is 307 g/mol. The van der Waals surface area contributed by atoms with Gasteiger partial charge in [-0.3, -0.25) is 0 Å². The van der Waals surface area contributed by atoms with Crippen LogP contribution in [0.25, 0.3) is 0 Å². The molecule has 0 radical (unpaired) electrons. The van der Waals surface area contributed by atoms with Crippen LogP contribution in [-0.2, 0) is 9.84 Å². The van der Waals surface area contributed by atoms with E-state index >= 15 is 0 Å². The molecule has 0 aliphatic carbocycles. The van der Waals surface area contributed by atoms with Crippen LogP contribution in [0.2, 0.25) is 0 Å². The van der Waals surface area contributed by atoms with Gasteiger partial charge in [0.2, 0.25) is 0 Å². The lowest BCUT2D eigenvalue weighted by Crippen LogP contribution is -2.26. The number of halogens is 1. The Bertz CT molecular complexity index is 439. The summed E-state index contributed by atoms with van der Waals surface area (Å²) in [5, 5.41) is 9.17. The molecule has 2 unspecified atom stereocenters. The van der Waals surface area contributed by atoms with Gasteiger partial charge in [-0.25, -0.2) is 8.42 Å². The average Bonchev–Trinajstić information content (AvgIpc) is 2.28. The van der Waals surface area contributed by atoms with Gasteiger partial charge in [-0.15, -0.1) is 0 Å². The van der Waals surface area contributed by atoms with Gasteiger partial charge < -0.3 is 5.11 Å². The molecule has 1 aromatic rings. The van der Waals surface area contributed by atoms with Crippen molar-refractivity contribution in [3.05, 3.63) is 34.3 Å². The highest BCUT2D eigenvalue weighted by molar-refractivity contribution is 9.10. The number of benzene rings is 1. The van der Waals surface area contributed by atoms with Crippen LogP contribution in [0.3, 0.4) is 0 Å². The van der Waals surface area contributed by atoms with Crippen LogP contribution in [0.4, 0.5) is 0 Å². The van der Waals surface area contributed by atoms with Crippen LogP contribution >= 0.6 is 15.9 Å². The lowest BCUT2D eigenvalue weighted by Gasteiger charge is -2.18. The fraction of sp³-hybridized carbons (Fsp3) is 0.455. The van der Waals surface area contributed by atoms with Crippen molar-refractivity contribution >= 4 is 25.8 Å². The van der Waals surface area contributed by atoms with E-state index in [0.717, 1.165) is 4.47 Å². The van der Waals surface area contributed by atoms with Gasteiger partial charge in [0.1, 0.15) is 0 Å². The lowest BCUT2D eigenvalue weighted by atomic mass is 10.1. The molecule has 3 nitrogen and oxygen atoms in total. The first-order valence-electron chi connectivity index (χ1n) is 5.03. The molecular weight excluding hydrogens is 292 g/mol. The number of aliphatic hydroxyl groups excluding tert-OH is 1. The summed E-state index contributed by atoms with van der Waals surface area (Å²) in [4.78, 5) is 0. The molecular formula is C11H15BrO3S. The maximum atomic E-state index is 11.6. The van der Waals surface area contributed by atoms with E-state index in [4.69, 9.17) is 0 Å². The summed E-state index contributed by atoms with van der Waals surface area (Å²) >= 11 is 3.28. The molecule has 16 heavy (non-hydrogen) atoms. The first-order valence-corrected chi connectivity index (χ1v) is 7.54. The van der Waals surface area contributed by atoms with Gasteiger partial charge >= 0.3 is 0 Å². The molecule has 5 heteroatoms. The van der Waals surface area contributed by atoms with Crippen molar-refractivity contribution in [2.45, 2.75) is 25.2 Å². The van der Waals surface area contributed by atoms with Gasteiger partial charge in [-0.2, -0.15) is 0 Å². The van der Waals surface area contributed by atoms with Crippen LogP contribution in [0.1, 0.15) is 25.5 Å². The summed E-state index contributed by atoms with van der Waals surface area (Å²) < 4.78 is 24.1. The molecule has 0 aromatic heterocycles. The molecule has 0 spiro atoms. The summed E-state index contributed by atoms with van der Waals surface area (Å²) in [6, 6.07) is 7.00. The lowest BCUT2D eigenvalue weighted by molar-refractivity contribution is 0.176. The number of rotatable bonds is 4. The van der Waals surface area contributed by atoms with Crippen molar-refractivity contribution in [2.75, 3.05) is 5.75 Å². The third kappa shape index (κ3) is 3.06. The standard InChI is InChI=1S/C11H15BrO3S/c1-3-16(14,15)8(2)11(13)9-4-6-10(12)7-5-9/h4-8,11,13H,3H2,1-2H3. The monoisotopic (exact) mass is 306 g/mol. The number of aliphatic hydroxyl groups is 1.